The maximum absolute atomic E-state index is 12.0. The Bertz CT molecular complexity index is 695. The number of anilines is 1. The van der Waals surface area contributed by atoms with Crippen LogP contribution in [-0.2, 0) is 9.59 Å². The molecule has 0 saturated carbocycles. The van der Waals surface area contributed by atoms with Crippen molar-refractivity contribution < 1.29 is 19.4 Å². The van der Waals surface area contributed by atoms with Gasteiger partial charge in [-0.1, -0.05) is 30.3 Å². The van der Waals surface area contributed by atoms with Crippen LogP contribution in [0.3, 0.4) is 0 Å². The minimum atomic E-state index is -0.939. The molecule has 20 heavy (non-hydrogen) atoms. The monoisotopic (exact) mass is 271 g/mol. The van der Waals surface area contributed by atoms with E-state index in [1.807, 2.05) is 30.3 Å². The third kappa shape index (κ3) is 2.18. The lowest BCUT2D eigenvalue weighted by molar-refractivity contribution is -0.137. The minimum Gasteiger partial charge on any atom is -0.481 e. The summed E-state index contributed by atoms with van der Waals surface area (Å²) >= 11 is 0. The molecule has 5 nitrogen and oxygen atoms in total. The Balaban J connectivity index is 1.94. The second kappa shape index (κ2) is 4.85. The predicted octanol–water partition coefficient (Wildman–Crippen LogP) is 2.40. The van der Waals surface area contributed by atoms with Crippen LogP contribution >= 0.6 is 0 Å². The fourth-order valence-electron chi connectivity index (χ4n) is 2.33. The zero-order chi connectivity index (χ0) is 14.1. The van der Waals surface area contributed by atoms with E-state index in [-0.39, 0.29) is 18.7 Å². The fourth-order valence-corrected chi connectivity index (χ4v) is 2.33. The van der Waals surface area contributed by atoms with Gasteiger partial charge >= 0.3 is 5.97 Å². The number of hydrogen-bond acceptors (Lipinski definition) is 3. The summed E-state index contributed by atoms with van der Waals surface area (Å²) in [5.41, 5.74) is 0.652. The van der Waals surface area contributed by atoms with Crippen molar-refractivity contribution in [3.63, 3.8) is 0 Å². The van der Waals surface area contributed by atoms with E-state index in [4.69, 9.17) is 9.84 Å². The SMILES string of the molecule is O=C(O)CCC1Oc2ccc3ccccc3c2NC1=O. The number of rotatable bonds is 3. The fraction of sp³-hybridized carbons (Fsp3) is 0.200. The Morgan fingerprint density at radius 3 is 2.85 bits per heavy atom. The van der Waals surface area contributed by atoms with E-state index in [0.29, 0.717) is 11.4 Å². The van der Waals surface area contributed by atoms with Gasteiger partial charge in [-0.25, -0.2) is 0 Å². The van der Waals surface area contributed by atoms with E-state index in [2.05, 4.69) is 5.32 Å². The second-order valence-electron chi connectivity index (χ2n) is 4.69. The van der Waals surface area contributed by atoms with Crippen molar-refractivity contribution in [3.8, 4) is 5.75 Å². The van der Waals surface area contributed by atoms with Crippen LogP contribution < -0.4 is 10.1 Å². The molecule has 5 heteroatoms. The van der Waals surface area contributed by atoms with Crippen LogP contribution in [0.25, 0.3) is 10.8 Å². The van der Waals surface area contributed by atoms with Gasteiger partial charge in [-0.05, 0) is 11.5 Å². The van der Waals surface area contributed by atoms with Crippen LogP contribution in [0.1, 0.15) is 12.8 Å². The predicted molar refractivity (Wildman–Crippen MR) is 73.9 cm³/mol. The average molecular weight is 271 g/mol. The Labute approximate surface area is 115 Å². The van der Waals surface area contributed by atoms with Crippen molar-refractivity contribution in [1.29, 1.82) is 0 Å². The van der Waals surface area contributed by atoms with Crippen LogP contribution in [0.4, 0.5) is 5.69 Å². The number of carboxylic acid groups (broad SMARTS) is 1. The highest BCUT2D eigenvalue weighted by atomic mass is 16.5. The van der Waals surface area contributed by atoms with Gasteiger partial charge in [-0.15, -0.1) is 0 Å². The zero-order valence-corrected chi connectivity index (χ0v) is 10.6. The molecule has 102 valence electrons. The molecule has 2 N–H and O–H groups in total. The van der Waals surface area contributed by atoms with Gasteiger partial charge < -0.3 is 15.2 Å². The summed E-state index contributed by atoms with van der Waals surface area (Å²) in [4.78, 5) is 22.6. The number of benzene rings is 2. The van der Waals surface area contributed by atoms with Gasteiger partial charge in [0.2, 0.25) is 0 Å². The molecule has 0 aromatic heterocycles. The molecule has 0 radical (unpaired) electrons. The molecule has 0 aliphatic carbocycles. The molecule has 1 heterocycles. The number of nitrogens with one attached hydrogen (secondary N) is 1. The minimum absolute atomic E-state index is 0.0962. The number of ether oxygens (including phenoxy) is 1. The molecule has 1 aliphatic heterocycles. The maximum atomic E-state index is 12.0. The van der Waals surface area contributed by atoms with Crippen LogP contribution in [0.15, 0.2) is 36.4 Å². The van der Waals surface area contributed by atoms with Gasteiger partial charge in [0.1, 0.15) is 5.75 Å². The van der Waals surface area contributed by atoms with E-state index in [1.54, 1.807) is 6.07 Å². The normalized spacial score (nSPS) is 17.2. The number of carbonyl (C=O) groups excluding carboxylic acids is 1. The van der Waals surface area contributed by atoms with Crippen LogP contribution in [0, 0.1) is 0 Å². The van der Waals surface area contributed by atoms with Crippen molar-refractivity contribution in [3.05, 3.63) is 36.4 Å². The van der Waals surface area contributed by atoms with E-state index in [1.165, 1.54) is 0 Å². The van der Waals surface area contributed by atoms with Gasteiger partial charge in [-0.2, -0.15) is 0 Å². The molecule has 2 aromatic rings. The smallest absolute Gasteiger partial charge is 0.303 e. The quantitative estimate of drug-likeness (QED) is 0.898. The summed E-state index contributed by atoms with van der Waals surface area (Å²) in [6.45, 7) is 0. The Morgan fingerprint density at radius 2 is 2.05 bits per heavy atom. The lowest BCUT2D eigenvalue weighted by Gasteiger charge is -2.26. The van der Waals surface area contributed by atoms with Crippen molar-refractivity contribution in [1.82, 2.24) is 0 Å². The van der Waals surface area contributed by atoms with Gasteiger partial charge in [0.15, 0.2) is 6.10 Å². The first-order chi connectivity index (χ1) is 9.65. The first kappa shape index (κ1) is 12.5. The Morgan fingerprint density at radius 1 is 1.25 bits per heavy atom. The summed E-state index contributed by atoms with van der Waals surface area (Å²) in [6, 6.07) is 11.4. The van der Waals surface area contributed by atoms with Gasteiger partial charge in [-0.3, -0.25) is 9.59 Å². The second-order valence-corrected chi connectivity index (χ2v) is 4.69. The molecule has 0 fully saturated rings. The molecule has 0 saturated heterocycles. The standard InChI is InChI=1S/C15H13NO4/c17-13(18)8-7-12-15(19)16-14-10-4-2-1-3-9(10)5-6-11(14)20-12/h1-6,12H,7-8H2,(H,16,19)(H,17,18). The summed E-state index contributed by atoms with van der Waals surface area (Å²) in [6.07, 6.45) is -0.686. The number of carboxylic acids is 1. The first-order valence-electron chi connectivity index (χ1n) is 6.36. The highest BCUT2D eigenvalue weighted by Crippen LogP contribution is 2.37. The maximum Gasteiger partial charge on any atom is 0.303 e. The van der Waals surface area contributed by atoms with Crippen molar-refractivity contribution >= 4 is 28.3 Å². The van der Waals surface area contributed by atoms with E-state index < -0.39 is 12.1 Å². The van der Waals surface area contributed by atoms with E-state index >= 15 is 0 Å². The number of amides is 1. The number of aliphatic carboxylic acids is 1. The highest BCUT2D eigenvalue weighted by molar-refractivity contribution is 6.07. The third-order valence-corrected chi connectivity index (χ3v) is 3.32. The zero-order valence-electron chi connectivity index (χ0n) is 10.6. The Hall–Kier alpha value is -2.56. The van der Waals surface area contributed by atoms with Gasteiger partial charge in [0.05, 0.1) is 5.69 Å². The largest absolute Gasteiger partial charge is 0.481 e. The van der Waals surface area contributed by atoms with E-state index in [0.717, 1.165) is 10.8 Å². The molecular weight excluding hydrogens is 258 g/mol. The number of fused-ring (bicyclic) bond motifs is 3. The molecule has 1 aliphatic rings. The average Bonchev–Trinajstić information content (AvgIpc) is 2.45. The lowest BCUT2D eigenvalue weighted by Crippen LogP contribution is -2.37. The van der Waals surface area contributed by atoms with E-state index in [9.17, 15) is 9.59 Å². The molecular formula is C15H13NO4. The molecule has 0 spiro atoms. The molecule has 1 atom stereocenters. The molecule has 1 amide bonds. The molecule has 1 unspecified atom stereocenters. The summed E-state index contributed by atoms with van der Waals surface area (Å²) in [7, 11) is 0. The molecule has 2 aromatic carbocycles. The topological polar surface area (TPSA) is 75.6 Å². The van der Waals surface area contributed by atoms with Gasteiger partial charge in [0, 0.05) is 18.2 Å². The first-order valence-corrected chi connectivity index (χ1v) is 6.36. The van der Waals surface area contributed by atoms with Crippen molar-refractivity contribution in [2.75, 3.05) is 5.32 Å². The summed E-state index contributed by atoms with van der Waals surface area (Å²) < 4.78 is 5.63. The molecule has 3 rings (SSSR count). The summed E-state index contributed by atoms with van der Waals surface area (Å²) in [5, 5.41) is 13.4. The summed E-state index contributed by atoms with van der Waals surface area (Å²) in [5.74, 6) is -0.653. The van der Waals surface area contributed by atoms with Crippen molar-refractivity contribution in [2.45, 2.75) is 18.9 Å². The van der Waals surface area contributed by atoms with Crippen molar-refractivity contribution in [2.24, 2.45) is 0 Å². The Kier molecular flexibility index (Phi) is 3.02. The van der Waals surface area contributed by atoms with Crippen LogP contribution in [-0.4, -0.2) is 23.1 Å². The number of hydrogen-bond donors (Lipinski definition) is 2. The number of carbonyl (C=O) groups is 2. The molecule has 0 bridgehead atoms. The van der Waals surface area contributed by atoms with Crippen LogP contribution in [0.2, 0.25) is 0 Å². The van der Waals surface area contributed by atoms with Gasteiger partial charge in [0.25, 0.3) is 5.91 Å². The highest BCUT2D eigenvalue weighted by Gasteiger charge is 2.28. The lowest BCUT2D eigenvalue weighted by atomic mass is 10.1. The van der Waals surface area contributed by atoms with Crippen LogP contribution in [0.5, 0.6) is 5.75 Å². The third-order valence-electron chi connectivity index (χ3n) is 3.32.